The highest BCUT2D eigenvalue weighted by molar-refractivity contribution is 7.93. The van der Waals surface area contributed by atoms with Gasteiger partial charge in [0.2, 0.25) is 0 Å². The molecule has 6 nitrogen and oxygen atoms in total. The zero-order valence-electron chi connectivity index (χ0n) is 16.9. The van der Waals surface area contributed by atoms with Gasteiger partial charge in [-0.15, -0.1) is 0 Å². The summed E-state index contributed by atoms with van der Waals surface area (Å²) in [6, 6.07) is 6.49. The summed E-state index contributed by atoms with van der Waals surface area (Å²) in [4.78, 5) is 15.7. The molecule has 30 heavy (non-hydrogen) atoms. The molecular formula is C21H23F2N3O3S. The topological polar surface area (TPSA) is 87.9 Å². The number of pyridine rings is 1. The molecule has 0 bridgehead atoms. The number of H-pyrrole nitrogens is 1. The first kappa shape index (κ1) is 20.6. The molecule has 0 amide bonds. The van der Waals surface area contributed by atoms with Gasteiger partial charge < -0.3 is 14.3 Å². The predicted molar refractivity (Wildman–Crippen MR) is 112 cm³/mol. The minimum atomic E-state index is -3.07. The fourth-order valence-electron chi connectivity index (χ4n) is 3.43. The minimum Gasteiger partial charge on any atom is -0.492 e. The first-order valence-corrected chi connectivity index (χ1v) is 11.2. The zero-order valence-corrected chi connectivity index (χ0v) is 17.7. The van der Waals surface area contributed by atoms with Crippen molar-refractivity contribution in [2.75, 3.05) is 6.61 Å². The van der Waals surface area contributed by atoms with Crippen LogP contribution in [0.4, 0.5) is 8.78 Å². The molecule has 0 aliphatic heterocycles. The van der Waals surface area contributed by atoms with E-state index in [2.05, 4.69) is 4.98 Å². The number of nitrogens with one attached hydrogen (secondary N) is 2. The molecule has 3 aromatic rings. The first-order chi connectivity index (χ1) is 14.0. The summed E-state index contributed by atoms with van der Waals surface area (Å²) in [7, 11) is -1.46. The van der Waals surface area contributed by atoms with Gasteiger partial charge in [-0.3, -0.25) is 4.79 Å². The van der Waals surface area contributed by atoms with Crippen molar-refractivity contribution in [3.05, 3.63) is 47.0 Å². The number of aromatic nitrogens is 2. The summed E-state index contributed by atoms with van der Waals surface area (Å²) >= 11 is 0. The Hall–Kier alpha value is -2.68. The third kappa shape index (κ3) is 3.40. The maximum absolute atomic E-state index is 13.3. The number of aryl methyl sites for hydroxylation is 1. The number of alkyl halides is 2. The Kier molecular flexibility index (Phi) is 4.76. The second-order valence-electron chi connectivity index (χ2n) is 8.01. The molecule has 160 valence electrons. The average Bonchev–Trinajstić information content (AvgIpc) is 3.06. The smallest absolute Gasteiger partial charge is 0.274 e. The van der Waals surface area contributed by atoms with Crippen molar-refractivity contribution in [3.8, 4) is 16.9 Å². The van der Waals surface area contributed by atoms with Crippen molar-refractivity contribution in [2.45, 2.75) is 36.3 Å². The molecule has 2 N–H and O–H groups in total. The van der Waals surface area contributed by atoms with Crippen molar-refractivity contribution in [1.82, 2.24) is 9.55 Å². The number of benzene rings is 1. The van der Waals surface area contributed by atoms with Crippen molar-refractivity contribution in [2.24, 2.45) is 13.0 Å². The number of fused-ring (bicyclic) bond motifs is 1. The van der Waals surface area contributed by atoms with E-state index in [0.717, 1.165) is 0 Å². The monoisotopic (exact) mass is 435 g/mol. The van der Waals surface area contributed by atoms with Crippen LogP contribution < -0.4 is 10.3 Å². The van der Waals surface area contributed by atoms with Gasteiger partial charge in [0, 0.05) is 52.5 Å². The van der Waals surface area contributed by atoms with Gasteiger partial charge >= 0.3 is 0 Å². The van der Waals surface area contributed by atoms with E-state index in [-0.39, 0.29) is 18.6 Å². The van der Waals surface area contributed by atoms with Gasteiger partial charge in [-0.25, -0.2) is 17.8 Å². The van der Waals surface area contributed by atoms with Gasteiger partial charge in [0.1, 0.15) is 11.3 Å². The van der Waals surface area contributed by atoms with E-state index in [1.54, 1.807) is 57.6 Å². The van der Waals surface area contributed by atoms with Gasteiger partial charge in [-0.2, -0.15) is 0 Å². The van der Waals surface area contributed by atoms with Crippen LogP contribution in [0.2, 0.25) is 0 Å². The molecule has 2 heterocycles. The van der Waals surface area contributed by atoms with Crippen LogP contribution in [0.3, 0.4) is 0 Å². The van der Waals surface area contributed by atoms with Gasteiger partial charge in [-0.1, -0.05) is 0 Å². The molecule has 1 aliphatic rings. The van der Waals surface area contributed by atoms with Crippen LogP contribution in [0, 0.1) is 10.7 Å². The van der Waals surface area contributed by atoms with Crippen molar-refractivity contribution < 1.29 is 17.7 Å². The van der Waals surface area contributed by atoms with Crippen LogP contribution in [0.15, 0.2) is 46.3 Å². The summed E-state index contributed by atoms with van der Waals surface area (Å²) in [6.07, 6.45) is 3.08. The highest BCUT2D eigenvalue weighted by Crippen LogP contribution is 2.49. The van der Waals surface area contributed by atoms with Gasteiger partial charge in [0.15, 0.2) is 0 Å². The Balaban J connectivity index is 1.88. The number of halogens is 2. The second-order valence-corrected chi connectivity index (χ2v) is 10.6. The highest BCUT2D eigenvalue weighted by atomic mass is 32.2. The van der Waals surface area contributed by atoms with E-state index < -0.39 is 26.8 Å². The molecule has 2 unspecified atom stereocenters. The summed E-state index contributed by atoms with van der Waals surface area (Å²) in [5.74, 6) is -3.17. The molecule has 4 rings (SSSR count). The largest absolute Gasteiger partial charge is 0.492 e. The summed E-state index contributed by atoms with van der Waals surface area (Å²) in [6.45, 7) is 3.29. The zero-order chi connectivity index (χ0) is 21.8. The molecule has 0 spiro atoms. The van der Waals surface area contributed by atoms with E-state index in [1.165, 1.54) is 4.57 Å². The second kappa shape index (κ2) is 6.94. The maximum Gasteiger partial charge on any atom is 0.274 e. The van der Waals surface area contributed by atoms with Gasteiger partial charge in [-0.05, 0) is 38.1 Å². The lowest BCUT2D eigenvalue weighted by Gasteiger charge is -2.17. The Labute approximate surface area is 172 Å². The Bertz CT molecular complexity index is 1290. The van der Waals surface area contributed by atoms with Crippen LogP contribution in [0.1, 0.15) is 20.3 Å². The third-order valence-electron chi connectivity index (χ3n) is 5.55. The molecule has 9 heteroatoms. The third-order valence-corrected chi connectivity index (χ3v) is 7.83. The average molecular weight is 435 g/mol. The fourth-order valence-corrected chi connectivity index (χ4v) is 4.54. The van der Waals surface area contributed by atoms with Crippen LogP contribution in [0.25, 0.3) is 22.0 Å². The highest BCUT2D eigenvalue weighted by Gasteiger charge is 2.57. The van der Waals surface area contributed by atoms with Crippen LogP contribution in [-0.2, 0) is 16.8 Å². The SMILES string of the molecule is CC(C)S(=N)(=O)c1ccc(OCC2CC2(F)F)c(-c2cn(C)c(=O)c3[nH]ccc23)c1. The lowest BCUT2D eigenvalue weighted by Crippen LogP contribution is -2.17. The van der Waals surface area contributed by atoms with E-state index in [4.69, 9.17) is 9.52 Å². The van der Waals surface area contributed by atoms with E-state index in [1.807, 2.05) is 0 Å². The lowest BCUT2D eigenvalue weighted by atomic mass is 10.0. The quantitative estimate of drug-likeness (QED) is 0.602. The number of nitrogens with zero attached hydrogens (tertiary/aromatic N) is 1. The summed E-state index contributed by atoms with van der Waals surface area (Å²) in [5, 5.41) is 0.229. The molecule has 1 aliphatic carbocycles. The number of hydrogen-bond acceptors (Lipinski definition) is 4. The van der Waals surface area contributed by atoms with Crippen LogP contribution >= 0.6 is 0 Å². The molecule has 1 aromatic carbocycles. The molecule has 2 aromatic heterocycles. The van der Waals surface area contributed by atoms with Gasteiger partial charge in [0.25, 0.3) is 11.5 Å². The molecule has 2 atom stereocenters. The van der Waals surface area contributed by atoms with E-state index in [9.17, 15) is 17.8 Å². The molecule has 1 fully saturated rings. The normalized spacial score (nSPS) is 19.7. The van der Waals surface area contributed by atoms with E-state index >= 15 is 0 Å². The van der Waals surface area contributed by atoms with Crippen molar-refractivity contribution in [1.29, 1.82) is 4.78 Å². The Morgan fingerprint density at radius 3 is 2.67 bits per heavy atom. The summed E-state index contributed by atoms with van der Waals surface area (Å²) in [5.41, 5.74) is 1.33. The Morgan fingerprint density at radius 1 is 1.33 bits per heavy atom. The van der Waals surface area contributed by atoms with Gasteiger partial charge in [0.05, 0.1) is 22.3 Å². The van der Waals surface area contributed by atoms with Crippen molar-refractivity contribution in [3.63, 3.8) is 0 Å². The molecule has 0 radical (unpaired) electrons. The van der Waals surface area contributed by atoms with Crippen LogP contribution in [0.5, 0.6) is 5.75 Å². The minimum absolute atomic E-state index is 0.137. The fraction of sp³-hybridized carbons (Fsp3) is 0.381. The number of hydrogen-bond donors (Lipinski definition) is 2. The number of ether oxygens (including phenoxy) is 1. The first-order valence-electron chi connectivity index (χ1n) is 9.62. The molecular weight excluding hydrogens is 412 g/mol. The Morgan fingerprint density at radius 2 is 2.03 bits per heavy atom. The van der Waals surface area contributed by atoms with Crippen molar-refractivity contribution >= 4 is 20.6 Å². The maximum atomic E-state index is 13.3. The van der Waals surface area contributed by atoms with Crippen LogP contribution in [-0.4, -0.2) is 31.5 Å². The number of rotatable bonds is 6. The lowest BCUT2D eigenvalue weighted by molar-refractivity contribution is 0.0857. The number of aromatic amines is 1. The molecule has 1 saturated carbocycles. The summed E-state index contributed by atoms with van der Waals surface area (Å²) < 4.78 is 55.0. The molecule has 0 saturated heterocycles. The predicted octanol–water partition coefficient (Wildman–Crippen LogP) is 4.38. The standard InChI is InChI=1S/C21H23F2N3O3S/c1-12(2)30(24,28)14-4-5-18(29-11-13-9-21(13,22)23)16(8-14)17-10-26(3)20(27)19-15(17)6-7-25-19/h4-8,10,12-13,24-25H,9,11H2,1-3H3. The van der Waals surface area contributed by atoms with E-state index in [0.29, 0.717) is 32.7 Å².